The zero-order chi connectivity index (χ0) is 28.0. The molecule has 2 amide bonds. The third kappa shape index (κ3) is 8.93. The number of ether oxygens (including phenoxy) is 1. The second kappa shape index (κ2) is 15.6. The number of nitrogens with zero attached hydrogens (tertiary/aromatic N) is 1. The van der Waals surface area contributed by atoms with E-state index in [0.29, 0.717) is 25.8 Å². The average molecular weight is 533 g/mol. The summed E-state index contributed by atoms with van der Waals surface area (Å²) in [4.78, 5) is 41.1. The molecule has 2 aromatic carbocycles. The van der Waals surface area contributed by atoms with Crippen molar-refractivity contribution in [2.24, 2.45) is 11.8 Å². The van der Waals surface area contributed by atoms with Crippen molar-refractivity contribution in [3.05, 3.63) is 97.1 Å². The summed E-state index contributed by atoms with van der Waals surface area (Å²) in [5.74, 6) is -1.81. The molecule has 1 aliphatic heterocycles. The molecule has 1 aliphatic rings. The summed E-state index contributed by atoms with van der Waals surface area (Å²) >= 11 is 0. The van der Waals surface area contributed by atoms with Crippen molar-refractivity contribution in [3.8, 4) is 0 Å². The van der Waals surface area contributed by atoms with Crippen LogP contribution in [0, 0.1) is 11.8 Å². The van der Waals surface area contributed by atoms with Gasteiger partial charge in [0.05, 0.1) is 30.5 Å². The Kier molecular flexibility index (Phi) is 12.0. The molecule has 0 bridgehead atoms. The number of hydrogen-bond donors (Lipinski definition) is 2. The smallest absolute Gasteiger partial charge is 0.309 e. The number of likely N-dealkylation sites (tertiary alicyclic amines) is 1. The molecule has 0 saturated carbocycles. The molecule has 208 valence electrons. The highest BCUT2D eigenvalue weighted by molar-refractivity contribution is 5.86. The van der Waals surface area contributed by atoms with E-state index in [1.54, 1.807) is 17.1 Å². The van der Waals surface area contributed by atoms with Crippen LogP contribution < -0.4 is 5.32 Å². The number of esters is 1. The summed E-state index contributed by atoms with van der Waals surface area (Å²) in [6.45, 7) is 8.02. The molecular formula is C32H40N2O5. The lowest BCUT2D eigenvalue weighted by atomic mass is 9.96. The van der Waals surface area contributed by atoms with Crippen LogP contribution >= 0.6 is 0 Å². The van der Waals surface area contributed by atoms with Crippen LogP contribution in [-0.4, -0.2) is 53.6 Å². The van der Waals surface area contributed by atoms with E-state index in [1.807, 2.05) is 60.7 Å². The van der Waals surface area contributed by atoms with Crippen LogP contribution in [0.1, 0.15) is 49.3 Å². The Morgan fingerprint density at radius 3 is 2.28 bits per heavy atom. The Hall–Kier alpha value is -3.71. The number of hydrogen-bond acceptors (Lipinski definition) is 5. The van der Waals surface area contributed by atoms with Crippen LogP contribution in [0.5, 0.6) is 0 Å². The number of allylic oxidation sites excluding steroid dienone is 2. The predicted molar refractivity (Wildman–Crippen MR) is 151 cm³/mol. The van der Waals surface area contributed by atoms with Gasteiger partial charge in [-0.15, -0.1) is 13.2 Å². The summed E-state index contributed by atoms with van der Waals surface area (Å²) in [6.07, 6.45) is 6.31. The second-order valence-corrected chi connectivity index (χ2v) is 10.0. The molecule has 39 heavy (non-hydrogen) atoms. The Labute approximate surface area is 231 Å². The van der Waals surface area contributed by atoms with Gasteiger partial charge in [0.1, 0.15) is 6.61 Å². The summed E-state index contributed by atoms with van der Waals surface area (Å²) in [6, 6.07) is 18.3. The molecule has 4 atom stereocenters. The van der Waals surface area contributed by atoms with E-state index in [2.05, 4.69) is 18.5 Å². The van der Waals surface area contributed by atoms with E-state index in [0.717, 1.165) is 24.0 Å². The third-order valence-electron chi connectivity index (χ3n) is 7.17. The van der Waals surface area contributed by atoms with Crippen LogP contribution in [0.4, 0.5) is 0 Å². The van der Waals surface area contributed by atoms with Gasteiger partial charge in [0.2, 0.25) is 11.8 Å². The molecule has 1 heterocycles. The third-order valence-corrected chi connectivity index (χ3v) is 7.17. The SMILES string of the molecule is C=CC[C@@H](CC(=O)N1CCC[C@H]1CO)C(=O)N[C@H](COC(=O)[C@@H](CC=C)Cc1ccccc1)c1ccccc1. The monoisotopic (exact) mass is 532 g/mol. The largest absolute Gasteiger partial charge is 0.463 e. The minimum Gasteiger partial charge on any atom is -0.463 e. The highest BCUT2D eigenvalue weighted by Crippen LogP contribution is 2.23. The lowest BCUT2D eigenvalue weighted by molar-refractivity contribution is -0.150. The molecule has 0 aliphatic carbocycles. The van der Waals surface area contributed by atoms with Crippen molar-refractivity contribution in [2.45, 2.75) is 50.6 Å². The van der Waals surface area contributed by atoms with E-state index in [4.69, 9.17) is 4.74 Å². The molecule has 0 unspecified atom stereocenters. The molecule has 7 nitrogen and oxygen atoms in total. The normalized spacial score (nSPS) is 17.1. The minimum atomic E-state index is -0.622. The Morgan fingerprint density at radius 1 is 1.00 bits per heavy atom. The number of rotatable bonds is 15. The summed E-state index contributed by atoms with van der Waals surface area (Å²) in [5, 5.41) is 12.6. The second-order valence-electron chi connectivity index (χ2n) is 10.0. The topological polar surface area (TPSA) is 95.9 Å². The van der Waals surface area contributed by atoms with Crippen molar-refractivity contribution >= 4 is 17.8 Å². The maximum absolute atomic E-state index is 13.4. The first kappa shape index (κ1) is 29.8. The van der Waals surface area contributed by atoms with Crippen molar-refractivity contribution in [2.75, 3.05) is 19.8 Å². The maximum atomic E-state index is 13.4. The van der Waals surface area contributed by atoms with Gasteiger partial charge in [-0.05, 0) is 43.2 Å². The molecule has 1 fully saturated rings. The standard InChI is InChI=1S/C32H40N2O5/c1-3-12-26(21-30(36)34-19-11-18-28(34)22-35)31(37)33-29(25-16-9-6-10-17-25)23-39-32(38)27(13-4-2)20-24-14-7-5-8-15-24/h3-10,14-17,26-29,35H,1-2,11-13,18-23H2,(H,33,37)/t26-,27-,28-,29+/m0/s1. The van der Waals surface area contributed by atoms with Gasteiger partial charge in [0.15, 0.2) is 0 Å². The van der Waals surface area contributed by atoms with E-state index in [9.17, 15) is 19.5 Å². The Bertz CT molecular complexity index is 1090. The van der Waals surface area contributed by atoms with Crippen LogP contribution in [0.25, 0.3) is 0 Å². The molecule has 7 heteroatoms. The fourth-order valence-corrected chi connectivity index (χ4v) is 5.01. The van der Waals surface area contributed by atoms with E-state index in [-0.39, 0.29) is 49.4 Å². The van der Waals surface area contributed by atoms with Gasteiger partial charge >= 0.3 is 5.97 Å². The van der Waals surface area contributed by atoms with Gasteiger partial charge in [0.25, 0.3) is 0 Å². The van der Waals surface area contributed by atoms with Crippen molar-refractivity contribution in [3.63, 3.8) is 0 Å². The van der Waals surface area contributed by atoms with Crippen molar-refractivity contribution < 1.29 is 24.2 Å². The average Bonchev–Trinajstić information content (AvgIpc) is 3.45. The van der Waals surface area contributed by atoms with Gasteiger partial charge in [-0.25, -0.2) is 0 Å². The lowest BCUT2D eigenvalue weighted by Crippen LogP contribution is -2.42. The first-order chi connectivity index (χ1) is 19.0. The molecule has 0 aromatic heterocycles. The zero-order valence-electron chi connectivity index (χ0n) is 22.5. The minimum absolute atomic E-state index is 0.0220. The number of carbonyl (C=O) groups is 3. The first-order valence-corrected chi connectivity index (χ1v) is 13.6. The summed E-state index contributed by atoms with van der Waals surface area (Å²) in [5.41, 5.74) is 1.83. The fourth-order valence-electron chi connectivity index (χ4n) is 5.01. The number of aliphatic hydroxyl groups excluding tert-OH is 1. The van der Waals surface area contributed by atoms with Crippen LogP contribution in [0.2, 0.25) is 0 Å². The maximum Gasteiger partial charge on any atom is 0.309 e. The Balaban J connectivity index is 1.69. The lowest BCUT2D eigenvalue weighted by Gasteiger charge is -2.26. The quantitative estimate of drug-likeness (QED) is 0.262. The van der Waals surface area contributed by atoms with Crippen LogP contribution in [-0.2, 0) is 25.5 Å². The molecule has 0 radical (unpaired) electrons. The van der Waals surface area contributed by atoms with Crippen LogP contribution in [0.3, 0.4) is 0 Å². The van der Waals surface area contributed by atoms with E-state index >= 15 is 0 Å². The highest BCUT2D eigenvalue weighted by Gasteiger charge is 2.32. The molecule has 2 N–H and O–H groups in total. The van der Waals surface area contributed by atoms with Gasteiger partial charge in [-0.1, -0.05) is 72.8 Å². The fraction of sp³-hybridized carbons (Fsp3) is 0.406. The summed E-state index contributed by atoms with van der Waals surface area (Å²) < 4.78 is 5.75. The summed E-state index contributed by atoms with van der Waals surface area (Å²) in [7, 11) is 0. The zero-order valence-corrected chi connectivity index (χ0v) is 22.5. The van der Waals surface area contributed by atoms with E-state index < -0.39 is 12.0 Å². The predicted octanol–water partition coefficient (Wildman–Crippen LogP) is 4.39. The molecule has 2 aromatic rings. The van der Waals surface area contributed by atoms with Crippen molar-refractivity contribution in [1.29, 1.82) is 0 Å². The van der Waals surface area contributed by atoms with Crippen molar-refractivity contribution in [1.82, 2.24) is 10.2 Å². The van der Waals surface area contributed by atoms with E-state index in [1.165, 1.54) is 0 Å². The number of benzene rings is 2. The van der Waals surface area contributed by atoms with Gasteiger partial charge in [-0.3, -0.25) is 14.4 Å². The molecule has 0 spiro atoms. The van der Waals surface area contributed by atoms with Gasteiger partial charge < -0.3 is 20.1 Å². The van der Waals surface area contributed by atoms with Crippen LogP contribution in [0.15, 0.2) is 86.0 Å². The number of amides is 2. The molecule has 1 saturated heterocycles. The highest BCUT2D eigenvalue weighted by atomic mass is 16.5. The number of aliphatic hydroxyl groups is 1. The Morgan fingerprint density at radius 2 is 1.64 bits per heavy atom. The number of nitrogens with one attached hydrogen (secondary N) is 1. The number of carbonyl (C=O) groups excluding carboxylic acids is 3. The first-order valence-electron chi connectivity index (χ1n) is 13.6. The molecular weight excluding hydrogens is 492 g/mol. The van der Waals surface area contributed by atoms with Gasteiger partial charge in [0, 0.05) is 13.0 Å². The molecule has 3 rings (SSSR count). The van der Waals surface area contributed by atoms with Gasteiger partial charge in [-0.2, -0.15) is 0 Å².